The Morgan fingerprint density at radius 1 is 1.21 bits per heavy atom. The highest BCUT2D eigenvalue weighted by Gasteiger charge is 2.55. The molecular formula is C19H25N5O4S. The Labute approximate surface area is 169 Å². The first-order valence-electron chi connectivity index (χ1n) is 10.1. The van der Waals surface area contributed by atoms with E-state index in [1.165, 1.54) is 10.6 Å². The van der Waals surface area contributed by atoms with Gasteiger partial charge in [-0.05, 0) is 38.2 Å². The summed E-state index contributed by atoms with van der Waals surface area (Å²) in [4.78, 5) is 21.8. The van der Waals surface area contributed by atoms with Gasteiger partial charge in [0.15, 0.2) is 0 Å². The lowest BCUT2D eigenvalue weighted by Gasteiger charge is -2.30. The fraction of sp³-hybridized carbons (Fsp3) is 0.632. The van der Waals surface area contributed by atoms with Gasteiger partial charge in [-0.2, -0.15) is 4.98 Å². The average Bonchev–Trinajstić information content (AvgIpc) is 3.35. The van der Waals surface area contributed by atoms with Crippen LogP contribution in [0.2, 0.25) is 0 Å². The molecule has 9 nitrogen and oxygen atoms in total. The molecule has 1 unspecified atom stereocenters. The Balaban J connectivity index is 1.42. The molecule has 1 saturated carbocycles. The van der Waals surface area contributed by atoms with Crippen LogP contribution in [0.25, 0.3) is 11.0 Å². The van der Waals surface area contributed by atoms with Crippen molar-refractivity contribution in [2.24, 2.45) is 0 Å². The number of aromatic nitrogens is 3. The number of ether oxygens (including phenoxy) is 1. The number of rotatable bonds is 4. The Kier molecular flexibility index (Phi) is 4.41. The zero-order valence-corrected chi connectivity index (χ0v) is 17.2. The highest BCUT2D eigenvalue weighted by molar-refractivity contribution is 7.88. The van der Waals surface area contributed by atoms with E-state index >= 15 is 0 Å². The monoisotopic (exact) mass is 419 g/mol. The third-order valence-corrected chi connectivity index (χ3v) is 7.67. The molecule has 0 amide bonds. The molecule has 2 saturated heterocycles. The molecule has 1 spiro atoms. The predicted molar refractivity (Wildman–Crippen MR) is 108 cm³/mol. The summed E-state index contributed by atoms with van der Waals surface area (Å²) in [6.45, 7) is 1.63. The van der Waals surface area contributed by atoms with Crippen molar-refractivity contribution in [1.29, 1.82) is 0 Å². The largest absolute Gasteiger partial charge is 0.373 e. The fourth-order valence-corrected chi connectivity index (χ4v) is 5.50. The van der Waals surface area contributed by atoms with Gasteiger partial charge >= 0.3 is 0 Å². The van der Waals surface area contributed by atoms with Crippen molar-refractivity contribution >= 4 is 27.0 Å². The Morgan fingerprint density at radius 3 is 2.66 bits per heavy atom. The lowest BCUT2D eigenvalue weighted by Crippen LogP contribution is -2.42. The van der Waals surface area contributed by atoms with Crippen molar-refractivity contribution in [3.63, 3.8) is 0 Å². The summed E-state index contributed by atoms with van der Waals surface area (Å²) in [5.41, 5.74) is 0.366. The van der Waals surface area contributed by atoms with Crippen LogP contribution in [0.15, 0.2) is 23.1 Å². The molecule has 0 radical (unpaired) electrons. The molecule has 1 aliphatic carbocycles. The summed E-state index contributed by atoms with van der Waals surface area (Å²) >= 11 is 0. The number of piperidine rings is 1. The minimum absolute atomic E-state index is 0.0134. The SMILES string of the molecule is CS(=O)(=O)N1CCC(Nc2ncc3ccc(=O)n(C4CCOC45CC5)c3n2)CC1. The number of anilines is 1. The molecular weight excluding hydrogens is 394 g/mol. The van der Waals surface area contributed by atoms with Gasteiger partial charge in [0.05, 0.1) is 17.9 Å². The van der Waals surface area contributed by atoms with Crippen molar-refractivity contribution in [3.8, 4) is 0 Å². The fourth-order valence-electron chi connectivity index (χ4n) is 4.62. The van der Waals surface area contributed by atoms with Gasteiger partial charge in [-0.1, -0.05) is 0 Å². The zero-order chi connectivity index (χ0) is 20.2. The van der Waals surface area contributed by atoms with Crippen molar-refractivity contribution in [2.45, 2.75) is 49.8 Å². The molecule has 5 rings (SSSR count). The van der Waals surface area contributed by atoms with Crippen LogP contribution in [0, 0.1) is 0 Å². The van der Waals surface area contributed by atoms with Gasteiger partial charge in [0.25, 0.3) is 5.56 Å². The van der Waals surface area contributed by atoms with E-state index in [0.717, 1.165) is 24.6 Å². The molecule has 3 fully saturated rings. The van der Waals surface area contributed by atoms with Crippen molar-refractivity contribution in [1.82, 2.24) is 18.8 Å². The average molecular weight is 420 g/mol. The Morgan fingerprint density at radius 2 is 1.97 bits per heavy atom. The number of nitrogens with one attached hydrogen (secondary N) is 1. The van der Waals surface area contributed by atoms with E-state index in [9.17, 15) is 13.2 Å². The van der Waals surface area contributed by atoms with Crippen LogP contribution in [-0.4, -0.2) is 64.9 Å². The second-order valence-electron chi connectivity index (χ2n) is 8.31. The number of pyridine rings is 1. The smallest absolute Gasteiger partial charge is 0.252 e. The van der Waals surface area contributed by atoms with E-state index in [0.29, 0.717) is 44.1 Å². The van der Waals surface area contributed by atoms with Gasteiger partial charge in [-0.25, -0.2) is 17.7 Å². The Bertz CT molecular complexity index is 1100. The van der Waals surface area contributed by atoms with Gasteiger partial charge in [0, 0.05) is 43.4 Å². The van der Waals surface area contributed by atoms with Crippen LogP contribution in [0.1, 0.15) is 38.1 Å². The zero-order valence-electron chi connectivity index (χ0n) is 16.4. The van der Waals surface area contributed by atoms with Crippen molar-refractivity contribution in [3.05, 3.63) is 28.7 Å². The van der Waals surface area contributed by atoms with E-state index in [2.05, 4.69) is 15.3 Å². The molecule has 1 N–H and O–H groups in total. The standard InChI is InChI=1S/C19H25N5O4S/c1-29(26,27)23-9-4-14(5-10-23)21-18-20-12-13-2-3-16(25)24(17(13)22-18)15-6-11-28-19(15)7-8-19/h2-3,12,14-15H,4-11H2,1H3,(H,20,21,22). The minimum atomic E-state index is -3.15. The van der Waals surface area contributed by atoms with Gasteiger partial charge in [0.1, 0.15) is 5.65 Å². The molecule has 156 valence electrons. The van der Waals surface area contributed by atoms with E-state index in [1.807, 2.05) is 0 Å². The molecule has 4 heterocycles. The lowest BCUT2D eigenvalue weighted by molar-refractivity contribution is 0.0707. The molecule has 29 heavy (non-hydrogen) atoms. The summed E-state index contributed by atoms with van der Waals surface area (Å²) < 4.78 is 32.6. The first-order valence-corrected chi connectivity index (χ1v) is 11.9. The topological polar surface area (TPSA) is 106 Å². The molecule has 1 atom stereocenters. The van der Waals surface area contributed by atoms with Crippen LogP contribution in [0.5, 0.6) is 0 Å². The van der Waals surface area contributed by atoms with Gasteiger partial charge in [-0.15, -0.1) is 0 Å². The Hall–Kier alpha value is -2.04. The number of hydrogen-bond donors (Lipinski definition) is 1. The minimum Gasteiger partial charge on any atom is -0.373 e. The maximum Gasteiger partial charge on any atom is 0.252 e. The summed E-state index contributed by atoms with van der Waals surface area (Å²) in [6, 6.07) is 3.45. The third kappa shape index (κ3) is 3.43. The second-order valence-corrected chi connectivity index (χ2v) is 10.3. The highest BCUT2D eigenvalue weighted by atomic mass is 32.2. The third-order valence-electron chi connectivity index (χ3n) is 6.37. The summed E-state index contributed by atoms with van der Waals surface area (Å²) in [5.74, 6) is 0.471. The van der Waals surface area contributed by atoms with E-state index in [4.69, 9.17) is 4.74 Å². The summed E-state index contributed by atoms with van der Waals surface area (Å²) in [7, 11) is -3.15. The van der Waals surface area contributed by atoms with Gasteiger partial charge in [-0.3, -0.25) is 9.36 Å². The molecule has 10 heteroatoms. The highest BCUT2D eigenvalue weighted by Crippen LogP contribution is 2.53. The maximum atomic E-state index is 12.7. The van der Waals surface area contributed by atoms with Gasteiger partial charge < -0.3 is 10.1 Å². The first-order chi connectivity index (χ1) is 13.9. The molecule has 2 aliphatic heterocycles. The molecule has 2 aromatic heterocycles. The molecule has 0 aromatic carbocycles. The quantitative estimate of drug-likeness (QED) is 0.791. The lowest BCUT2D eigenvalue weighted by atomic mass is 10.1. The summed E-state index contributed by atoms with van der Waals surface area (Å²) in [5, 5.41) is 4.15. The number of sulfonamides is 1. The second kappa shape index (κ2) is 6.75. The first kappa shape index (κ1) is 19.0. The van der Waals surface area contributed by atoms with Gasteiger partial charge in [0.2, 0.25) is 16.0 Å². The van der Waals surface area contributed by atoms with Crippen LogP contribution >= 0.6 is 0 Å². The normalized spacial score (nSPS) is 24.9. The number of hydrogen-bond acceptors (Lipinski definition) is 7. The number of nitrogens with zero attached hydrogens (tertiary/aromatic N) is 4. The molecule has 0 bridgehead atoms. The number of fused-ring (bicyclic) bond motifs is 1. The van der Waals surface area contributed by atoms with E-state index < -0.39 is 10.0 Å². The molecule has 3 aliphatic rings. The summed E-state index contributed by atoms with van der Waals surface area (Å²) in [6.07, 6.45) is 7.14. The van der Waals surface area contributed by atoms with Crippen molar-refractivity contribution < 1.29 is 13.2 Å². The van der Waals surface area contributed by atoms with E-state index in [-0.39, 0.29) is 23.2 Å². The van der Waals surface area contributed by atoms with Crippen LogP contribution in [0.3, 0.4) is 0 Å². The van der Waals surface area contributed by atoms with Crippen LogP contribution < -0.4 is 10.9 Å². The van der Waals surface area contributed by atoms with Crippen LogP contribution in [-0.2, 0) is 14.8 Å². The molecule has 2 aromatic rings. The van der Waals surface area contributed by atoms with Crippen molar-refractivity contribution in [2.75, 3.05) is 31.3 Å². The predicted octanol–water partition coefficient (Wildman–Crippen LogP) is 1.12. The maximum absolute atomic E-state index is 12.7. The van der Waals surface area contributed by atoms with Crippen LogP contribution in [0.4, 0.5) is 5.95 Å². The van der Waals surface area contributed by atoms with E-state index in [1.54, 1.807) is 22.9 Å².